The number of aliphatic hydroxyl groups is 1. The summed E-state index contributed by atoms with van der Waals surface area (Å²) in [4.78, 5) is 15.3. The van der Waals surface area contributed by atoms with E-state index in [-0.39, 0.29) is 17.6 Å². The second-order valence-electron chi connectivity index (χ2n) is 7.89. The van der Waals surface area contributed by atoms with Crippen molar-refractivity contribution >= 4 is 13.7 Å². The molecule has 1 saturated carbocycles. The zero-order chi connectivity index (χ0) is 19.9. The molecule has 4 atom stereocenters. The van der Waals surface area contributed by atoms with Crippen LogP contribution in [0.2, 0.25) is 0 Å². The first kappa shape index (κ1) is 21.4. The van der Waals surface area contributed by atoms with E-state index in [9.17, 15) is 14.6 Å². The molecule has 1 heterocycles. The van der Waals surface area contributed by atoms with Gasteiger partial charge in [0.1, 0.15) is 0 Å². The SMILES string of the molecule is CC(NC[C@@H](O)CC(C1CCCCC1)[P+](=O)O)c1cccc(N2C=CCO2)c1. The van der Waals surface area contributed by atoms with Crippen molar-refractivity contribution in [3.63, 3.8) is 0 Å². The summed E-state index contributed by atoms with van der Waals surface area (Å²) in [5.74, 6) is 0.264. The van der Waals surface area contributed by atoms with Crippen molar-refractivity contribution in [3.05, 3.63) is 42.1 Å². The van der Waals surface area contributed by atoms with Crippen molar-refractivity contribution in [1.82, 2.24) is 5.32 Å². The zero-order valence-electron chi connectivity index (χ0n) is 16.5. The Morgan fingerprint density at radius 2 is 2.11 bits per heavy atom. The molecule has 6 nitrogen and oxygen atoms in total. The van der Waals surface area contributed by atoms with E-state index in [2.05, 4.69) is 18.3 Å². The van der Waals surface area contributed by atoms with Crippen molar-refractivity contribution in [1.29, 1.82) is 0 Å². The normalized spacial score (nSPS) is 21.5. The molecule has 0 amide bonds. The summed E-state index contributed by atoms with van der Waals surface area (Å²) in [5.41, 5.74) is 1.77. The molecule has 0 spiro atoms. The van der Waals surface area contributed by atoms with Crippen molar-refractivity contribution in [2.75, 3.05) is 18.2 Å². The Morgan fingerprint density at radius 1 is 1.32 bits per heavy atom. The minimum atomic E-state index is -2.26. The van der Waals surface area contributed by atoms with Crippen LogP contribution >= 0.6 is 8.03 Å². The van der Waals surface area contributed by atoms with Crippen molar-refractivity contribution in [2.45, 2.75) is 63.3 Å². The number of nitrogens with zero attached hydrogens (tertiary/aromatic N) is 1. The van der Waals surface area contributed by atoms with Crippen molar-refractivity contribution in [3.8, 4) is 0 Å². The molecular formula is C21H32N2O4P+. The van der Waals surface area contributed by atoms with Crippen LogP contribution in [0.3, 0.4) is 0 Å². The fourth-order valence-corrected chi connectivity index (χ4v) is 5.25. The largest absolute Gasteiger partial charge is 0.509 e. The average Bonchev–Trinajstić information content (AvgIpc) is 3.25. The van der Waals surface area contributed by atoms with Crippen LogP contribution in [0.25, 0.3) is 0 Å². The van der Waals surface area contributed by atoms with Gasteiger partial charge in [-0.05, 0) is 48.1 Å². The Bertz CT molecular complexity index is 678. The van der Waals surface area contributed by atoms with E-state index in [1.807, 2.05) is 30.5 Å². The van der Waals surface area contributed by atoms with Gasteiger partial charge in [-0.1, -0.05) is 31.4 Å². The molecule has 3 rings (SSSR count). The predicted octanol–water partition coefficient (Wildman–Crippen LogP) is 4.04. The van der Waals surface area contributed by atoms with Crippen LogP contribution in [0.4, 0.5) is 5.69 Å². The first-order valence-electron chi connectivity index (χ1n) is 10.3. The van der Waals surface area contributed by atoms with E-state index in [4.69, 9.17) is 4.84 Å². The molecule has 1 aromatic carbocycles. The molecule has 0 bridgehead atoms. The fourth-order valence-electron chi connectivity index (χ4n) is 4.17. The molecule has 1 aliphatic heterocycles. The first-order chi connectivity index (χ1) is 13.5. The number of rotatable bonds is 9. The van der Waals surface area contributed by atoms with Crippen molar-refractivity contribution in [2.24, 2.45) is 5.92 Å². The van der Waals surface area contributed by atoms with Gasteiger partial charge >= 0.3 is 8.03 Å². The van der Waals surface area contributed by atoms with E-state index in [1.165, 1.54) is 6.42 Å². The molecule has 28 heavy (non-hydrogen) atoms. The number of hydroxylamine groups is 1. The molecule has 3 unspecified atom stereocenters. The number of anilines is 1. The third kappa shape index (κ3) is 5.85. The van der Waals surface area contributed by atoms with Gasteiger partial charge in [0.2, 0.25) is 0 Å². The maximum Gasteiger partial charge on any atom is 0.509 e. The third-order valence-corrected chi connectivity index (χ3v) is 7.03. The maximum atomic E-state index is 11.9. The minimum Gasteiger partial charge on any atom is -0.392 e. The number of hydrogen-bond donors (Lipinski definition) is 3. The maximum absolute atomic E-state index is 11.9. The molecule has 0 radical (unpaired) electrons. The van der Waals surface area contributed by atoms with E-state index < -0.39 is 14.1 Å². The lowest BCUT2D eigenvalue weighted by atomic mass is 9.85. The summed E-state index contributed by atoms with van der Waals surface area (Å²) >= 11 is 0. The second-order valence-corrected chi connectivity index (χ2v) is 9.16. The topological polar surface area (TPSA) is 82.0 Å². The number of benzene rings is 1. The second kappa shape index (κ2) is 10.5. The summed E-state index contributed by atoms with van der Waals surface area (Å²) in [6.45, 7) is 3.04. The van der Waals surface area contributed by atoms with Gasteiger partial charge in [-0.15, -0.1) is 0 Å². The monoisotopic (exact) mass is 407 g/mol. The van der Waals surface area contributed by atoms with E-state index in [0.29, 0.717) is 19.6 Å². The van der Waals surface area contributed by atoms with Crippen LogP contribution in [0.15, 0.2) is 36.5 Å². The molecule has 7 heteroatoms. The average molecular weight is 407 g/mol. The summed E-state index contributed by atoms with van der Waals surface area (Å²) in [6, 6.07) is 8.15. The fraction of sp³-hybridized carbons (Fsp3) is 0.619. The van der Waals surface area contributed by atoms with Crippen LogP contribution in [-0.4, -0.2) is 34.9 Å². The Balaban J connectivity index is 1.51. The molecule has 1 aromatic rings. The Kier molecular flexibility index (Phi) is 8.00. The Morgan fingerprint density at radius 3 is 2.79 bits per heavy atom. The van der Waals surface area contributed by atoms with E-state index in [0.717, 1.165) is 36.9 Å². The highest BCUT2D eigenvalue weighted by molar-refractivity contribution is 7.38. The highest BCUT2D eigenvalue weighted by Crippen LogP contribution is 2.40. The summed E-state index contributed by atoms with van der Waals surface area (Å²) < 4.78 is 11.9. The highest BCUT2D eigenvalue weighted by Gasteiger charge is 2.39. The molecule has 0 aromatic heterocycles. The quantitative estimate of drug-likeness (QED) is 0.536. The van der Waals surface area contributed by atoms with Gasteiger partial charge < -0.3 is 10.4 Å². The van der Waals surface area contributed by atoms with Crippen LogP contribution in [0.1, 0.15) is 57.1 Å². The molecule has 154 valence electrons. The van der Waals surface area contributed by atoms with E-state index in [1.54, 1.807) is 5.06 Å². The van der Waals surface area contributed by atoms with Gasteiger partial charge in [-0.25, -0.2) is 5.06 Å². The van der Waals surface area contributed by atoms with Crippen LogP contribution in [-0.2, 0) is 9.40 Å². The van der Waals surface area contributed by atoms with Gasteiger partial charge in [0.25, 0.3) is 0 Å². The first-order valence-corrected chi connectivity index (χ1v) is 11.6. The molecule has 1 fully saturated rings. The van der Waals surface area contributed by atoms with Gasteiger partial charge in [0.15, 0.2) is 5.66 Å². The van der Waals surface area contributed by atoms with E-state index >= 15 is 0 Å². The summed E-state index contributed by atoms with van der Waals surface area (Å²) in [7, 11) is -2.26. The smallest absolute Gasteiger partial charge is 0.392 e. The van der Waals surface area contributed by atoms with Crippen LogP contribution < -0.4 is 10.4 Å². The van der Waals surface area contributed by atoms with Crippen LogP contribution in [0, 0.1) is 5.92 Å². The highest BCUT2D eigenvalue weighted by atomic mass is 31.1. The lowest BCUT2D eigenvalue weighted by Gasteiger charge is -2.25. The number of aliphatic hydroxyl groups excluding tert-OH is 1. The standard InChI is InChI=1S/C21H31N2O4P/c1-16(18-9-5-10-19(13-18)23-11-6-12-27-23)22-15-20(24)14-21(28(25)26)17-7-3-2-4-8-17/h5-6,9-11,13,16-17,20-22,24H,2-4,7-8,12,14-15H2,1H3/p+1/t16?,20-,21?/m0/s1. The van der Waals surface area contributed by atoms with Gasteiger partial charge in [0, 0.05) is 31.1 Å². The van der Waals surface area contributed by atoms with Gasteiger partial charge in [0.05, 0.1) is 18.4 Å². The van der Waals surface area contributed by atoms with Gasteiger partial charge in [-0.2, -0.15) is 4.89 Å². The molecule has 0 saturated heterocycles. The predicted molar refractivity (Wildman–Crippen MR) is 111 cm³/mol. The number of hydrogen-bond acceptors (Lipinski definition) is 5. The summed E-state index contributed by atoms with van der Waals surface area (Å²) in [5, 5.41) is 15.6. The summed E-state index contributed by atoms with van der Waals surface area (Å²) in [6.07, 6.45) is 9.08. The molecular weight excluding hydrogens is 375 g/mol. The molecule has 3 N–H and O–H groups in total. The van der Waals surface area contributed by atoms with Crippen molar-refractivity contribution < 1.29 is 19.4 Å². The Hall–Kier alpha value is -1.30. The lowest BCUT2D eigenvalue weighted by Crippen LogP contribution is -2.33. The Labute approximate surface area is 168 Å². The third-order valence-electron chi connectivity index (χ3n) is 5.83. The zero-order valence-corrected chi connectivity index (χ0v) is 17.4. The van der Waals surface area contributed by atoms with Gasteiger partial charge in [-0.3, -0.25) is 4.84 Å². The molecule has 2 aliphatic rings. The number of nitrogens with one attached hydrogen (secondary N) is 1. The minimum absolute atomic E-state index is 0.0530. The lowest BCUT2D eigenvalue weighted by molar-refractivity contribution is 0.144. The van der Waals surface area contributed by atoms with Crippen LogP contribution in [0.5, 0.6) is 0 Å². The molecule has 1 aliphatic carbocycles.